The highest BCUT2D eigenvalue weighted by Crippen LogP contribution is 2.30. The summed E-state index contributed by atoms with van der Waals surface area (Å²) in [6.45, 7) is 15.1. The van der Waals surface area contributed by atoms with Gasteiger partial charge in [-0.2, -0.15) is 9.13 Å². The Bertz CT molecular complexity index is 6690. The van der Waals surface area contributed by atoms with E-state index in [1.807, 2.05) is 18.2 Å². The van der Waals surface area contributed by atoms with Crippen LogP contribution in [0.15, 0.2) is 384 Å². The quantitative estimate of drug-likeness (QED) is 0.143. The predicted molar refractivity (Wildman–Crippen MR) is 481 cm³/mol. The highest BCUT2D eigenvalue weighted by molar-refractivity contribution is 5.80. The molecule has 0 radical (unpaired) electrons. The summed E-state index contributed by atoms with van der Waals surface area (Å²) < 4.78 is 30.5. The molecule has 0 saturated heterocycles. The van der Waals surface area contributed by atoms with E-state index in [1.165, 1.54) is 157 Å². The fourth-order valence-corrected chi connectivity index (χ4v) is 16.1. The molecule has 14 nitrogen and oxygen atoms in total. The van der Waals surface area contributed by atoms with Gasteiger partial charge < -0.3 is 30.8 Å². The first-order chi connectivity index (χ1) is 57.9. The summed E-state index contributed by atoms with van der Waals surface area (Å²) >= 11 is 0. The fraction of sp³-hybridized carbons (Fsp3) is 0.133. The maximum absolute atomic E-state index is 2.29. The summed E-state index contributed by atoms with van der Waals surface area (Å²) in [5.41, 5.74) is 35.3. The first kappa shape index (κ1) is 79.6. The van der Waals surface area contributed by atoms with Crippen molar-refractivity contribution in [2.45, 2.75) is 48.5 Å². The van der Waals surface area contributed by atoms with Crippen molar-refractivity contribution >= 4 is 38.6 Å². The minimum Gasteiger partial charge on any atom is -0.324 e. The highest BCUT2D eigenvalue weighted by atomic mass is 15.0. The monoisotopic (exact) mass is 1560 g/mol. The second-order valence-corrected chi connectivity index (χ2v) is 30.6. The number of fused-ring (bicyclic) bond motifs is 7. The van der Waals surface area contributed by atoms with Crippen LogP contribution in [0.5, 0.6) is 0 Å². The Kier molecular flexibility index (Phi) is 23.8. The van der Waals surface area contributed by atoms with Crippen molar-refractivity contribution in [3.05, 3.63) is 424 Å². The molecule has 14 heteroatoms. The number of aromatic nitrogens is 14. The van der Waals surface area contributed by atoms with Crippen molar-refractivity contribution in [1.82, 2.24) is 30.8 Å². The third-order valence-corrected chi connectivity index (χ3v) is 22.6. The van der Waals surface area contributed by atoms with Crippen molar-refractivity contribution in [3.8, 4) is 79.1 Å². The van der Waals surface area contributed by atoms with Crippen molar-refractivity contribution in [1.29, 1.82) is 0 Å². The largest absolute Gasteiger partial charge is 0.324 e. The molecule has 0 aromatic carbocycles. The van der Waals surface area contributed by atoms with Gasteiger partial charge in [-0.3, -0.25) is 0 Å². The lowest BCUT2D eigenvalue weighted by molar-refractivity contribution is -0.660. The molecule has 21 aromatic rings. The Morgan fingerprint density at radius 2 is 0.664 bits per heavy atom. The number of hydrogen-bond acceptors (Lipinski definition) is 0. The Hall–Kier alpha value is -14.6. The van der Waals surface area contributed by atoms with Gasteiger partial charge in [0.2, 0.25) is 39.9 Å². The molecule has 0 spiro atoms. The summed E-state index contributed by atoms with van der Waals surface area (Å²) in [6, 6.07) is 97.5. The second kappa shape index (κ2) is 35.6. The van der Waals surface area contributed by atoms with Gasteiger partial charge in [-0.15, -0.1) is 0 Å². The van der Waals surface area contributed by atoms with E-state index in [9.17, 15) is 0 Å². The Morgan fingerprint density at radius 3 is 1.25 bits per heavy atom. The summed E-state index contributed by atoms with van der Waals surface area (Å²) in [7, 11) is 14.6. The molecule has 0 fully saturated rings. The summed E-state index contributed by atoms with van der Waals surface area (Å²) in [5, 5.41) is 0. The lowest BCUT2D eigenvalue weighted by Crippen LogP contribution is -2.30. The zero-order valence-electron chi connectivity index (χ0n) is 70.6. The van der Waals surface area contributed by atoms with E-state index in [-0.39, 0.29) is 0 Å². The zero-order valence-corrected chi connectivity index (χ0v) is 70.6. The number of pyridine rings is 14. The average molecular weight is 1560 g/mol. The van der Waals surface area contributed by atoms with E-state index in [0.717, 1.165) is 0 Å². The van der Waals surface area contributed by atoms with Gasteiger partial charge in [0.1, 0.15) is 60.7 Å². The maximum atomic E-state index is 2.29. The van der Waals surface area contributed by atoms with Gasteiger partial charge >= 0.3 is 0 Å². The molecule has 588 valence electrons. The molecular formula is C105H105N14+7. The number of nitrogens with zero attached hydrogens (tertiary/aromatic N) is 14. The molecule has 0 N–H and O–H groups in total. The minimum absolute atomic E-state index is 1.22. The smallest absolute Gasteiger partial charge is 0.229 e. The normalized spacial score (nSPS) is 10.9. The lowest BCUT2D eigenvalue weighted by atomic mass is 10.1. The first-order valence-corrected chi connectivity index (χ1v) is 40.5. The molecule has 0 aliphatic carbocycles. The molecule has 0 atom stereocenters. The molecule has 0 aliphatic heterocycles. The van der Waals surface area contributed by atoms with E-state index in [2.05, 4.69) is 527 Å². The fourth-order valence-electron chi connectivity index (χ4n) is 16.1. The molecule has 119 heavy (non-hydrogen) atoms. The van der Waals surface area contributed by atoms with Crippen molar-refractivity contribution in [3.63, 3.8) is 0 Å². The first-order valence-electron chi connectivity index (χ1n) is 40.5. The van der Waals surface area contributed by atoms with Crippen LogP contribution in [0, 0.1) is 48.5 Å². The number of aryl methyl sites for hydroxylation is 14. The van der Waals surface area contributed by atoms with Gasteiger partial charge in [-0.05, 0) is 258 Å². The molecular weight excluding hydrogens is 1460 g/mol. The van der Waals surface area contributed by atoms with Crippen molar-refractivity contribution < 1.29 is 32.0 Å². The van der Waals surface area contributed by atoms with Crippen LogP contribution < -0.4 is 32.0 Å². The molecule has 0 saturated carbocycles. The minimum atomic E-state index is 1.22. The van der Waals surface area contributed by atoms with E-state index < -0.39 is 0 Å². The van der Waals surface area contributed by atoms with Crippen LogP contribution in [0.1, 0.15) is 39.2 Å². The average Bonchev–Trinajstić information content (AvgIpc) is 1.74. The Balaban J connectivity index is 0.000000108. The molecule has 0 amide bonds. The van der Waals surface area contributed by atoms with Crippen LogP contribution in [0.3, 0.4) is 0 Å². The summed E-state index contributed by atoms with van der Waals surface area (Å²) in [5.74, 6) is 0. The third kappa shape index (κ3) is 17.1. The van der Waals surface area contributed by atoms with Crippen LogP contribution in [0.4, 0.5) is 0 Å². The predicted octanol–water partition coefficient (Wildman–Crippen LogP) is 19.2. The molecule has 0 unspecified atom stereocenters. The number of hydrogen-bond donors (Lipinski definition) is 0. The van der Waals surface area contributed by atoms with Gasteiger partial charge in [0, 0.05) is 191 Å². The van der Waals surface area contributed by atoms with E-state index in [1.54, 1.807) is 0 Å². The van der Waals surface area contributed by atoms with Crippen LogP contribution in [0.25, 0.3) is 118 Å². The second-order valence-electron chi connectivity index (χ2n) is 30.6. The zero-order chi connectivity index (χ0) is 82.8. The Morgan fingerprint density at radius 1 is 0.235 bits per heavy atom. The van der Waals surface area contributed by atoms with Gasteiger partial charge in [-0.25, -0.2) is 22.8 Å². The molecule has 21 aromatic heterocycles. The summed E-state index contributed by atoms with van der Waals surface area (Å²) in [4.78, 5) is 0. The van der Waals surface area contributed by atoms with Crippen LogP contribution >= 0.6 is 0 Å². The summed E-state index contributed by atoms with van der Waals surface area (Å²) in [6.07, 6.45) is 35.7. The topological polar surface area (TPSA) is 58.0 Å². The van der Waals surface area contributed by atoms with Crippen molar-refractivity contribution in [2.75, 3.05) is 0 Å². The Labute approximate surface area is 697 Å². The van der Waals surface area contributed by atoms with Gasteiger partial charge in [-0.1, -0.05) is 12.1 Å². The maximum Gasteiger partial charge on any atom is 0.229 e. The molecule has 21 heterocycles. The van der Waals surface area contributed by atoms with E-state index >= 15 is 0 Å². The molecule has 21 rings (SSSR count). The van der Waals surface area contributed by atoms with Crippen LogP contribution in [-0.2, 0) is 49.3 Å². The van der Waals surface area contributed by atoms with Crippen molar-refractivity contribution in [2.24, 2.45) is 49.3 Å². The molecule has 0 bridgehead atoms. The lowest BCUT2D eigenvalue weighted by Gasteiger charge is -2.08. The van der Waals surface area contributed by atoms with Crippen LogP contribution in [-0.4, -0.2) is 30.8 Å². The van der Waals surface area contributed by atoms with E-state index in [4.69, 9.17) is 0 Å². The standard InChI is InChI=1S/7C15H15N2/c1-12-14(15-7-3-4-10-16(15)2)9-8-13-6-5-11-17(12)13;1-12-8-9-13-6-5-11-17(13)15(12)14-7-3-4-10-16(14)2;1-12-9-10-13-6-5-8-15(17(12)13)14-7-3-4-11-16(14)2;1-12-11-17-9-5-6-13(17)10-14(12)15-7-3-4-8-16(15)2;1-12-10-13-6-5-9-17(13)11-14(12)15-7-3-4-8-16(15)2;1-12-13(15-6-3-4-9-16(15)2)8-11-17-10-5-7-14(12)17;1-12-8-11-17-10-5-7-14(17)15(12)13-6-3-4-9-16(13)2/h7*3-11H,1-2H3/q7*+1. The number of rotatable bonds is 7. The van der Waals surface area contributed by atoms with Crippen LogP contribution in [0.2, 0.25) is 0 Å². The van der Waals surface area contributed by atoms with Gasteiger partial charge in [0.05, 0.1) is 33.3 Å². The highest BCUT2D eigenvalue weighted by Gasteiger charge is 2.21. The molecule has 0 aliphatic rings. The van der Waals surface area contributed by atoms with E-state index in [0.29, 0.717) is 0 Å². The third-order valence-electron chi connectivity index (χ3n) is 22.6. The van der Waals surface area contributed by atoms with Gasteiger partial charge in [0.25, 0.3) is 0 Å². The SMILES string of the molecule is Cc1c(-c2cccc[n+]2C)ccc2cccn12.Cc1c(-c2cccc[n+]2C)ccn2cccc12.Cc1cc2cccn2cc1-c1cccc[n+]1C.Cc1ccc2cccc(-c3cccc[n+]3C)n12.Cc1ccc2cccn2c1-c1cccc[n+]1C.Cc1ccn2cccc2c1-c1cccc[n+]1C.Cc1cn2cccc2cc1-c1cccc[n+]1C. The van der Waals surface area contributed by atoms with Gasteiger partial charge in [0.15, 0.2) is 43.4 Å².